The van der Waals surface area contributed by atoms with Gasteiger partial charge in [0.25, 0.3) is 0 Å². The number of nitrogens with zero attached hydrogens (tertiary/aromatic N) is 2. The molecule has 6 heteroatoms. The summed E-state index contributed by atoms with van der Waals surface area (Å²) in [6.07, 6.45) is 3.82. The maximum Gasteiger partial charge on any atom is 0.191 e. The maximum atomic E-state index is 5.76. The molecule has 0 aliphatic carbocycles. The highest BCUT2D eigenvalue weighted by molar-refractivity contribution is 14.0. The third-order valence-corrected chi connectivity index (χ3v) is 4.83. The number of guanidine groups is 1. The SMILES string of the molecule is CCOc1cc(C)ccc1CNC(=NC)NCC(CC)N1CCCC1.I. The number of aliphatic imine (C=N–C) groups is 1. The van der Waals surface area contributed by atoms with E-state index in [1.807, 2.05) is 14.0 Å². The van der Waals surface area contributed by atoms with Crippen molar-refractivity contribution in [2.75, 3.05) is 33.3 Å². The van der Waals surface area contributed by atoms with Crippen LogP contribution in [0.1, 0.15) is 44.2 Å². The van der Waals surface area contributed by atoms with Crippen molar-refractivity contribution in [1.82, 2.24) is 15.5 Å². The molecule has 1 saturated heterocycles. The third-order valence-electron chi connectivity index (χ3n) is 4.83. The Bertz CT molecular complexity index is 559. The normalized spacial score (nSPS) is 16.1. The van der Waals surface area contributed by atoms with E-state index in [2.05, 4.69) is 52.6 Å². The predicted octanol–water partition coefficient (Wildman–Crippen LogP) is 3.55. The number of aryl methyl sites for hydroxylation is 1. The van der Waals surface area contributed by atoms with Gasteiger partial charge in [0.05, 0.1) is 6.61 Å². The molecule has 1 atom stereocenters. The molecule has 1 aromatic carbocycles. The molecule has 1 heterocycles. The van der Waals surface area contributed by atoms with Gasteiger partial charge >= 0.3 is 0 Å². The molecular weight excluding hydrogens is 439 g/mol. The molecular formula is C20H35IN4O. The smallest absolute Gasteiger partial charge is 0.191 e. The van der Waals surface area contributed by atoms with Crippen molar-refractivity contribution in [3.05, 3.63) is 29.3 Å². The molecule has 2 N–H and O–H groups in total. The largest absolute Gasteiger partial charge is 0.494 e. The fourth-order valence-electron chi connectivity index (χ4n) is 3.35. The van der Waals surface area contributed by atoms with Crippen LogP contribution < -0.4 is 15.4 Å². The number of halogens is 1. The van der Waals surface area contributed by atoms with Crippen LogP contribution in [0, 0.1) is 6.92 Å². The second-order valence-electron chi connectivity index (χ2n) is 6.66. The lowest BCUT2D eigenvalue weighted by molar-refractivity contribution is 0.236. The van der Waals surface area contributed by atoms with Gasteiger partial charge in [0.15, 0.2) is 5.96 Å². The number of nitrogens with one attached hydrogen (secondary N) is 2. The van der Waals surface area contributed by atoms with Gasteiger partial charge in [0, 0.05) is 31.7 Å². The summed E-state index contributed by atoms with van der Waals surface area (Å²) in [4.78, 5) is 6.96. The van der Waals surface area contributed by atoms with Crippen molar-refractivity contribution >= 4 is 29.9 Å². The third kappa shape index (κ3) is 6.95. The first-order valence-corrected chi connectivity index (χ1v) is 9.58. The van der Waals surface area contributed by atoms with E-state index in [9.17, 15) is 0 Å². The van der Waals surface area contributed by atoms with Crippen LogP contribution in [-0.2, 0) is 6.54 Å². The van der Waals surface area contributed by atoms with Crippen LogP contribution in [0.15, 0.2) is 23.2 Å². The van der Waals surface area contributed by atoms with Crippen molar-refractivity contribution in [2.24, 2.45) is 4.99 Å². The molecule has 5 nitrogen and oxygen atoms in total. The minimum absolute atomic E-state index is 0. The lowest BCUT2D eigenvalue weighted by Gasteiger charge is -2.27. The fourth-order valence-corrected chi connectivity index (χ4v) is 3.35. The quantitative estimate of drug-likeness (QED) is 0.344. The van der Waals surface area contributed by atoms with E-state index in [0.717, 1.165) is 30.2 Å². The van der Waals surface area contributed by atoms with Crippen LogP contribution in [0.4, 0.5) is 0 Å². The van der Waals surface area contributed by atoms with E-state index in [-0.39, 0.29) is 24.0 Å². The highest BCUT2D eigenvalue weighted by Crippen LogP contribution is 2.20. The van der Waals surface area contributed by atoms with Crippen LogP contribution in [-0.4, -0.2) is 50.2 Å². The van der Waals surface area contributed by atoms with Crippen molar-refractivity contribution in [1.29, 1.82) is 0 Å². The van der Waals surface area contributed by atoms with E-state index in [1.165, 1.54) is 31.5 Å². The van der Waals surface area contributed by atoms with Gasteiger partial charge in [-0.3, -0.25) is 9.89 Å². The predicted molar refractivity (Wildman–Crippen MR) is 121 cm³/mol. The Hall–Kier alpha value is -1.02. The van der Waals surface area contributed by atoms with Crippen LogP contribution in [0.3, 0.4) is 0 Å². The molecule has 1 aliphatic heterocycles. The molecule has 0 bridgehead atoms. The molecule has 0 radical (unpaired) electrons. The van der Waals surface area contributed by atoms with Gasteiger partial charge < -0.3 is 15.4 Å². The minimum Gasteiger partial charge on any atom is -0.494 e. The number of benzene rings is 1. The zero-order chi connectivity index (χ0) is 18.1. The Kier molecular flexibility index (Phi) is 11.0. The maximum absolute atomic E-state index is 5.76. The average Bonchev–Trinajstić information content (AvgIpc) is 3.14. The van der Waals surface area contributed by atoms with Crippen LogP contribution in [0.25, 0.3) is 0 Å². The number of rotatable bonds is 8. The van der Waals surface area contributed by atoms with Gasteiger partial charge in [-0.1, -0.05) is 19.1 Å². The Morgan fingerprint density at radius 2 is 1.96 bits per heavy atom. The zero-order valence-electron chi connectivity index (χ0n) is 16.7. The molecule has 1 unspecified atom stereocenters. The van der Waals surface area contributed by atoms with Crippen molar-refractivity contribution < 1.29 is 4.74 Å². The fraction of sp³-hybridized carbons (Fsp3) is 0.650. The van der Waals surface area contributed by atoms with Crippen molar-refractivity contribution in [3.8, 4) is 5.75 Å². The first-order valence-electron chi connectivity index (χ1n) is 9.58. The second kappa shape index (κ2) is 12.4. The van der Waals surface area contributed by atoms with Crippen LogP contribution in [0.5, 0.6) is 5.75 Å². The molecule has 0 amide bonds. The summed E-state index contributed by atoms with van der Waals surface area (Å²) in [5.74, 6) is 1.80. The average molecular weight is 474 g/mol. The highest BCUT2D eigenvalue weighted by atomic mass is 127. The number of ether oxygens (including phenoxy) is 1. The van der Waals surface area contributed by atoms with Crippen molar-refractivity contribution in [2.45, 2.75) is 52.6 Å². The first kappa shape index (κ1) is 23.0. The summed E-state index contributed by atoms with van der Waals surface area (Å²) in [6.45, 7) is 11.1. The zero-order valence-corrected chi connectivity index (χ0v) is 19.0. The summed E-state index contributed by atoms with van der Waals surface area (Å²) < 4.78 is 5.76. The summed E-state index contributed by atoms with van der Waals surface area (Å²) >= 11 is 0. The molecule has 26 heavy (non-hydrogen) atoms. The lowest BCUT2D eigenvalue weighted by atomic mass is 10.1. The summed E-state index contributed by atoms with van der Waals surface area (Å²) in [5.41, 5.74) is 2.37. The standard InChI is InChI=1S/C20H34N4O.HI/c1-5-18(24-11-7-8-12-24)15-23-20(21-4)22-14-17-10-9-16(3)13-19(17)25-6-2;/h9-10,13,18H,5-8,11-12,14-15H2,1-4H3,(H2,21,22,23);1H. The monoisotopic (exact) mass is 474 g/mol. The van der Waals surface area contributed by atoms with E-state index in [0.29, 0.717) is 19.2 Å². The molecule has 2 rings (SSSR count). The number of hydrogen-bond donors (Lipinski definition) is 2. The molecule has 0 aromatic heterocycles. The minimum atomic E-state index is 0. The van der Waals surface area contributed by atoms with Gasteiger partial charge in [0.1, 0.15) is 5.75 Å². The topological polar surface area (TPSA) is 48.9 Å². The Morgan fingerprint density at radius 3 is 2.58 bits per heavy atom. The number of hydrogen-bond acceptors (Lipinski definition) is 3. The molecule has 0 spiro atoms. The molecule has 1 aliphatic rings. The highest BCUT2D eigenvalue weighted by Gasteiger charge is 2.20. The number of likely N-dealkylation sites (tertiary alicyclic amines) is 1. The van der Waals surface area contributed by atoms with Crippen LogP contribution in [0.2, 0.25) is 0 Å². The molecule has 0 saturated carbocycles. The van der Waals surface area contributed by atoms with E-state index >= 15 is 0 Å². The molecule has 1 aromatic rings. The summed E-state index contributed by atoms with van der Waals surface area (Å²) in [5, 5.41) is 6.90. The van der Waals surface area contributed by atoms with Gasteiger partial charge in [-0.05, 0) is 57.8 Å². The van der Waals surface area contributed by atoms with E-state index < -0.39 is 0 Å². The van der Waals surface area contributed by atoms with Gasteiger partial charge in [-0.2, -0.15) is 0 Å². The Labute approximate surface area is 176 Å². The lowest BCUT2D eigenvalue weighted by Crippen LogP contribution is -2.46. The molecule has 148 valence electrons. The van der Waals surface area contributed by atoms with Gasteiger partial charge in [0.2, 0.25) is 0 Å². The Balaban J connectivity index is 0.00000338. The Morgan fingerprint density at radius 1 is 1.23 bits per heavy atom. The molecule has 1 fully saturated rings. The summed E-state index contributed by atoms with van der Waals surface area (Å²) in [6, 6.07) is 6.92. The van der Waals surface area contributed by atoms with Crippen molar-refractivity contribution in [3.63, 3.8) is 0 Å². The first-order chi connectivity index (χ1) is 12.2. The second-order valence-corrected chi connectivity index (χ2v) is 6.66. The van der Waals surface area contributed by atoms with Gasteiger partial charge in [-0.15, -0.1) is 24.0 Å². The van der Waals surface area contributed by atoms with Crippen LogP contribution >= 0.6 is 24.0 Å². The van der Waals surface area contributed by atoms with Gasteiger partial charge in [-0.25, -0.2) is 0 Å². The summed E-state index contributed by atoms with van der Waals surface area (Å²) in [7, 11) is 1.82. The van der Waals surface area contributed by atoms with E-state index in [4.69, 9.17) is 4.74 Å². The van der Waals surface area contributed by atoms with E-state index in [1.54, 1.807) is 0 Å².